The molecule has 0 saturated carbocycles. The molecule has 0 bridgehead atoms. The minimum atomic E-state index is -3.32. The molecule has 3 rings (SSSR count). The first-order valence-corrected chi connectivity index (χ1v) is 8.68. The van der Waals surface area contributed by atoms with E-state index in [0.717, 1.165) is 12.1 Å². The zero-order valence-corrected chi connectivity index (χ0v) is 16.0. The van der Waals surface area contributed by atoms with E-state index in [1.54, 1.807) is 0 Å². The molecule has 0 aliphatic heterocycles. The van der Waals surface area contributed by atoms with Crippen LogP contribution < -0.4 is 0 Å². The molecule has 0 aromatic heterocycles. The van der Waals surface area contributed by atoms with Gasteiger partial charge in [0.05, 0.1) is 26.4 Å². The van der Waals surface area contributed by atoms with Crippen LogP contribution in [0.25, 0.3) is 11.1 Å². The molecule has 2 aromatic carbocycles. The molecule has 1 aliphatic rings. The highest BCUT2D eigenvalue weighted by Gasteiger charge is 2.64. The topological polar surface area (TPSA) is 256 Å². The first kappa shape index (κ1) is 23.0. The third kappa shape index (κ3) is 3.46. The number of benzene rings is 2. The first-order chi connectivity index (χ1) is 15.2. The number of aliphatic hydroxyl groups is 2. The van der Waals surface area contributed by atoms with Gasteiger partial charge in [0.2, 0.25) is 13.1 Å². The van der Waals surface area contributed by atoms with Gasteiger partial charge in [0.15, 0.2) is 11.2 Å². The van der Waals surface area contributed by atoms with Crippen molar-refractivity contribution in [3.8, 4) is 11.1 Å². The normalized spacial score (nSPS) is 20.9. The molecule has 0 spiro atoms. The molecule has 33 heavy (non-hydrogen) atoms. The second-order valence-electron chi connectivity index (χ2n) is 7.09. The van der Waals surface area contributed by atoms with Gasteiger partial charge >= 0.3 is 0 Å². The van der Waals surface area contributed by atoms with E-state index < -0.39 is 88.2 Å². The second kappa shape index (κ2) is 7.50. The van der Waals surface area contributed by atoms with Crippen molar-refractivity contribution in [3.05, 3.63) is 92.0 Å². The molecule has 2 aromatic rings. The van der Waals surface area contributed by atoms with Crippen LogP contribution in [0.4, 0.5) is 17.1 Å². The monoisotopic (exact) mass is 465 g/mol. The first-order valence-electron chi connectivity index (χ1n) is 8.68. The van der Waals surface area contributed by atoms with Gasteiger partial charge < -0.3 is 10.2 Å². The summed E-state index contributed by atoms with van der Waals surface area (Å²) < 4.78 is 0. The third-order valence-electron chi connectivity index (χ3n) is 5.28. The van der Waals surface area contributed by atoms with Gasteiger partial charge in [-0.05, 0) is 11.6 Å². The van der Waals surface area contributed by atoms with Crippen molar-refractivity contribution in [3.63, 3.8) is 0 Å². The molecule has 1 aliphatic carbocycles. The molecule has 172 valence electrons. The number of rotatable bonds is 7. The summed E-state index contributed by atoms with van der Waals surface area (Å²) in [7, 11) is 0. The van der Waals surface area contributed by atoms with Gasteiger partial charge in [-0.2, -0.15) is 0 Å². The number of nitrogens with zero attached hydrogens (tertiary/aromatic N) is 5. The van der Waals surface area contributed by atoms with Gasteiger partial charge in [-0.1, -0.05) is 0 Å². The minimum Gasteiger partial charge on any atom is -0.375 e. The summed E-state index contributed by atoms with van der Waals surface area (Å²) in [6.07, 6.45) is 0. The molecular formula is C16H11N5O12. The summed E-state index contributed by atoms with van der Waals surface area (Å²) in [6, 6.07) is 3.35. The maximum Gasteiger partial charge on any atom is 0.284 e. The van der Waals surface area contributed by atoms with Crippen LogP contribution >= 0.6 is 0 Å². The van der Waals surface area contributed by atoms with Crippen molar-refractivity contribution < 1.29 is 34.8 Å². The quantitative estimate of drug-likeness (QED) is 0.429. The van der Waals surface area contributed by atoms with Crippen molar-refractivity contribution in [2.45, 2.75) is 11.2 Å². The fraction of sp³-hybridized carbons (Fsp3) is 0.250. The predicted octanol–water partition coefficient (Wildman–Crippen LogP) is 1.02. The Kier molecular flexibility index (Phi) is 5.23. The number of nitro benzene ring substituents is 3. The van der Waals surface area contributed by atoms with Crippen LogP contribution in [0.15, 0.2) is 30.3 Å². The van der Waals surface area contributed by atoms with E-state index in [9.17, 15) is 60.8 Å². The lowest BCUT2D eigenvalue weighted by molar-refractivity contribution is -0.541. The molecule has 0 fully saturated rings. The molecule has 0 saturated heterocycles. The lowest BCUT2D eigenvalue weighted by atomic mass is 9.64. The summed E-state index contributed by atoms with van der Waals surface area (Å²) in [5.74, 6) is 0. The maximum absolute atomic E-state index is 11.7. The zero-order valence-electron chi connectivity index (χ0n) is 16.0. The largest absolute Gasteiger partial charge is 0.375 e. The van der Waals surface area contributed by atoms with E-state index in [2.05, 4.69) is 0 Å². The summed E-state index contributed by atoms with van der Waals surface area (Å²) >= 11 is 0. The number of non-ortho nitro benzene ring substituents is 2. The summed E-state index contributed by atoms with van der Waals surface area (Å²) in [4.78, 5) is 51.5. The molecule has 2 atom stereocenters. The number of hydrogen-bond donors (Lipinski definition) is 2. The minimum absolute atomic E-state index is 0.408. The third-order valence-corrected chi connectivity index (χ3v) is 5.28. The van der Waals surface area contributed by atoms with Gasteiger partial charge in [-0.25, -0.2) is 0 Å². The lowest BCUT2D eigenvalue weighted by Crippen LogP contribution is -2.59. The summed E-state index contributed by atoms with van der Waals surface area (Å²) in [6.45, 7) is -3.30. The zero-order chi connectivity index (χ0) is 24.9. The highest BCUT2D eigenvalue weighted by molar-refractivity contribution is 5.86. The van der Waals surface area contributed by atoms with Crippen LogP contribution in [0.2, 0.25) is 0 Å². The Bertz CT molecular complexity index is 1260. The van der Waals surface area contributed by atoms with Crippen LogP contribution in [0.1, 0.15) is 11.1 Å². The Morgan fingerprint density at radius 1 is 0.667 bits per heavy atom. The molecule has 0 amide bonds. The van der Waals surface area contributed by atoms with E-state index in [-0.39, 0.29) is 0 Å². The van der Waals surface area contributed by atoms with Crippen LogP contribution in [0, 0.1) is 50.6 Å². The predicted molar refractivity (Wildman–Crippen MR) is 103 cm³/mol. The Hall–Kier alpha value is -4.64. The van der Waals surface area contributed by atoms with Crippen LogP contribution in [0.3, 0.4) is 0 Å². The fourth-order valence-corrected chi connectivity index (χ4v) is 3.93. The SMILES string of the molecule is O=[N+]([O-])CC1(O)c2cc([N+](=O)[O-])ccc2-c2c([N+](=O)[O-])cc([N+](=O)[O-])cc2C1(O)C[N+](=O)[O-]. The lowest BCUT2D eigenvalue weighted by Gasteiger charge is -2.43. The van der Waals surface area contributed by atoms with Crippen LogP contribution in [-0.4, -0.2) is 47.9 Å². The van der Waals surface area contributed by atoms with E-state index in [1.165, 1.54) is 0 Å². The average Bonchev–Trinajstić information content (AvgIpc) is 2.70. The molecule has 2 N–H and O–H groups in total. The average molecular weight is 465 g/mol. The summed E-state index contributed by atoms with van der Waals surface area (Å²) in [5, 5.41) is 79.6. The highest BCUT2D eigenvalue weighted by Crippen LogP contribution is 2.56. The maximum atomic E-state index is 11.7. The van der Waals surface area contributed by atoms with Gasteiger partial charge in [0.25, 0.3) is 17.1 Å². The van der Waals surface area contributed by atoms with Crippen molar-refractivity contribution in [1.82, 2.24) is 0 Å². The molecule has 17 heteroatoms. The molecular weight excluding hydrogens is 454 g/mol. The van der Waals surface area contributed by atoms with Gasteiger partial charge in [-0.15, -0.1) is 0 Å². The summed E-state index contributed by atoms with van der Waals surface area (Å²) in [5.41, 5.74) is -12.0. The number of fused-ring (bicyclic) bond motifs is 3. The Morgan fingerprint density at radius 2 is 1.15 bits per heavy atom. The van der Waals surface area contributed by atoms with E-state index >= 15 is 0 Å². The fourth-order valence-electron chi connectivity index (χ4n) is 3.93. The van der Waals surface area contributed by atoms with Crippen molar-refractivity contribution >= 4 is 17.1 Å². The molecule has 0 heterocycles. The Labute approximate surface area is 180 Å². The van der Waals surface area contributed by atoms with Crippen molar-refractivity contribution in [2.24, 2.45) is 0 Å². The van der Waals surface area contributed by atoms with Crippen molar-refractivity contribution in [2.75, 3.05) is 13.1 Å². The number of hydrogen-bond acceptors (Lipinski definition) is 12. The van der Waals surface area contributed by atoms with Gasteiger partial charge in [0.1, 0.15) is 0 Å². The molecule has 17 nitrogen and oxygen atoms in total. The van der Waals surface area contributed by atoms with Crippen LogP contribution in [0.5, 0.6) is 0 Å². The Balaban J connectivity index is 2.60. The van der Waals surface area contributed by atoms with E-state index in [0.29, 0.717) is 18.2 Å². The van der Waals surface area contributed by atoms with E-state index in [1.807, 2.05) is 0 Å². The molecule has 0 radical (unpaired) electrons. The highest BCUT2D eigenvalue weighted by atomic mass is 16.6. The van der Waals surface area contributed by atoms with Crippen LogP contribution in [-0.2, 0) is 11.2 Å². The van der Waals surface area contributed by atoms with Gasteiger partial charge in [-0.3, -0.25) is 50.6 Å². The smallest absolute Gasteiger partial charge is 0.284 e. The number of nitro groups is 5. The second-order valence-corrected chi connectivity index (χ2v) is 7.09. The van der Waals surface area contributed by atoms with E-state index in [4.69, 9.17) is 0 Å². The van der Waals surface area contributed by atoms with Crippen molar-refractivity contribution in [1.29, 1.82) is 0 Å². The standard InChI is InChI=1S/C16H11N5O12/c22-15(6-17(24)25)11-3-8(19(28)29)1-2-10(11)14-12(16(15,23)7-18(26)27)4-9(20(30)31)5-13(14)21(32)33/h1-5,22-23H,6-7H2. The molecule has 2 unspecified atom stereocenters. The van der Waals surface area contributed by atoms with Gasteiger partial charge in [0, 0.05) is 39.2 Å². The Morgan fingerprint density at radius 3 is 1.61 bits per heavy atom.